The summed E-state index contributed by atoms with van der Waals surface area (Å²) in [6.45, 7) is 3.91. The van der Waals surface area contributed by atoms with Crippen LogP contribution in [0, 0.1) is 6.92 Å². The van der Waals surface area contributed by atoms with Crippen molar-refractivity contribution in [2.75, 3.05) is 19.0 Å². The highest BCUT2D eigenvalue weighted by Gasteiger charge is 2.05. The zero-order valence-electron chi connectivity index (χ0n) is 13.9. The molecule has 0 atom stereocenters. The molecule has 1 aromatic carbocycles. The monoisotopic (exact) mass is 323 g/mol. The van der Waals surface area contributed by atoms with Crippen molar-refractivity contribution in [3.8, 4) is 11.3 Å². The van der Waals surface area contributed by atoms with E-state index in [4.69, 9.17) is 4.74 Å². The van der Waals surface area contributed by atoms with Gasteiger partial charge in [-0.15, -0.1) is 0 Å². The van der Waals surface area contributed by atoms with Crippen LogP contribution in [0.15, 0.2) is 48.9 Å². The summed E-state index contributed by atoms with van der Waals surface area (Å²) in [5.74, 6) is 1.50. The van der Waals surface area contributed by atoms with Crippen molar-refractivity contribution in [3.63, 3.8) is 0 Å². The van der Waals surface area contributed by atoms with Crippen LogP contribution >= 0.6 is 0 Å². The number of anilines is 1. The van der Waals surface area contributed by atoms with Gasteiger partial charge in [0.05, 0.1) is 18.2 Å². The highest BCUT2D eigenvalue weighted by atomic mass is 16.5. The molecule has 0 aliphatic heterocycles. The van der Waals surface area contributed by atoms with Crippen molar-refractivity contribution < 1.29 is 4.74 Å². The Kier molecular flexibility index (Phi) is 5.18. The van der Waals surface area contributed by atoms with E-state index in [0.717, 1.165) is 35.9 Å². The van der Waals surface area contributed by atoms with Crippen LogP contribution in [0.4, 0.5) is 5.82 Å². The second kappa shape index (κ2) is 7.70. The van der Waals surface area contributed by atoms with E-state index in [-0.39, 0.29) is 0 Å². The van der Waals surface area contributed by atoms with E-state index in [0.29, 0.717) is 12.4 Å². The molecule has 0 saturated carbocycles. The van der Waals surface area contributed by atoms with Crippen LogP contribution in [-0.4, -0.2) is 33.2 Å². The van der Waals surface area contributed by atoms with Gasteiger partial charge in [-0.25, -0.2) is 15.0 Å². The van der Waals surface area contributed by atoms with Crippen LogP contribution in [-0.2, 0) is 17.9 Å². The highest BCUT2D eigenvalue weighted by molar-refractivity contribution is 5.58. The lowest BCUT2D eigenvalue weighted by Crippen LogP contribution is -2.13. The molecule has 3 rings (SSSR count). The van der Waals surface area contributed by atoms with Crippen LogP contribution in [0.25, 0.3) is 11.3 Å². The molecule has 6 nitrogen and oxygen atoms in total. The second-order valence-electron chi connectivity index (χ2n) is 5.51. The molecule has 24 heavy (non-hydrogen) atoms. The molecular formula is C18H21N5O. The third kappa shape index (κ3) is 3.97. The third-order valence-corrected chi connectivity index (χ3v) is 3.61. The Labute approximate surface area is 141 Å². The summed E-state index contributed by atoms with van der Waals surface area (Å²) in [6.07, 6.45) is 3.74. The number of aromatic nitrogens is 4. The normalized spacial score (nSPS) is 10.8. The van der Waals surface area contributed by atoms with Crippen molar-refractivity contribution in [2.24, 2.45) is 0 Å². The van der Waals surface area contributed by atoms with E-state index in [1.807, 2.05) is 43.7 Å². The summed E-state index contributed by atoms with van der Waals surface area (Å²) in [5.41, 5.74) is 3.19. The Balaban J connectivity index is 1.65. The summed E-state index contributed by atoms with van der Waals surface area (Å²) in [5, 5.41) is 3.35. The zero-order chi connectivity index (χ0) is 16.8. The molecule has 0 spiro atoms. The molecule has 0 aliphatic rings. The number of nitrogens with one attached hydrogen (secondary N) is 1. The molecule has 0 aliphatic carbocycles. The maximum atomic E-state index is 5.10. The summed E-state index contributed by atoms with van der Waals surface area (Å²) in [7, 11) is 1.64. The highest BCUT2D eigenvalue weighted by Crippen LogP contribution is 2.18. The smallest absolute Gasteiger partial charge is 0.156 e. The van der Waals surface area contributed by atoms with E-state index in [2.05, 4.69) is 37.0 Å². The lowest BCUT2D eigenvalue weighted by molar-refractivity contribution is 0.177. The van der Waals surface area contributed by atoms with Crippen molar-refractivity contribution in [1.82, 2.24) is 19.5 Å². The molecule has 6 heteroatoms. The molecule has 0 amide bonds. The maximum Gasteiger partial charge on any atom is 0.156 e. The van der Waals surface area contributed by atoms with Gasteiger partial charge >= 0.3 is 0 Å². The van der Waals surface area contributed by atoms with E-state index in [1.165, 1.54) is 0 Å². The van der Waals surface area contributed by atoms with Gasteiger partial charge in [-0.2, -0.15) is 0 Å². The molecular weight excluding hydrogens is 302 g/mol. The van der Waals surface area contributed by atoms with Gasteiger partial charge in [-0.3, -0.25) is 0 Å². The van der Waals surface area contributed by atoms with Gasteiger partial charge in [0, 0.05) is 32.0 Å². The van der Waals surface area contributed by atoms with Gasteiger partial charge in [0.15, 0.2) is 5.82 Å². The van der Waals surface area contributed by atoms with Crippen molar-refractivity contribution in [3.05, 3.63) is 60.4 Å². The molecule has 3 aromatic rings. The first-order valence-corrected chi connectivity index (χ1v) is 7.89. The Morgan fingerprint density at radius 1 is 1.17 bits per heavy atom. The molecule has 0 radical (unpaired) electrons. The van der Waals surface area contributed by atoms with E-state index < -0.39 is 0 Å². The Morgan fingerprint density at radius 3 is 2.79 bits per heavy atom. The molecule has 1 N–H and O–H groups in total. The van der Waals surface area contributed by atoms with Crippen LogP contribution in [0.5, 0.6) is 0 Å². The Morgan fingerprint density at radius 2 is 2.00 bits per heavy atom. The minimum absolute atomic E-state index is 0.413. The molecule has 0 saturated heterocycles. The molecule has 2 heterocycles. The molecule has 0 fully saturated rings. The predicted molar refractivity (Wildman–Crippen MR) is 93.6 cm³/mol. The van der Waals surface area contributed by atoms with Gasteiger partial charge < -0.3 is 14.6 Å². The quantitative estimate of drug-likeness (QED) is 0.724. The van der Waals surface area contributed by atoms with Gasteiger partial charge in [0.25, 0.3) is 0 Å². The van der Waals surface area contributed by atoms with Gasteiger partial charge in [-0.1, -0.05) is 30.3 Å². The summed E-state index contributed by atoms with van der Waals surface area (Å²) >= 11 is 0. The fourth-order valence-corrected chi connectivity index (χ4v) is 2.57. The minimum atomic E-state index is 0.413. The number of hydrogen-bond donors (Lipinski definition) is 1. The van der Waals surface area contributed by atoms with E-state index in [1.54, 1.807) is 7.11 Å². The molecule has 2 aromatic heterocycles. The second-order valence-corrected chi connectivity index (χ2v) is 5.51. The first-order chi connectivity index (χ1) is 11.8. The van der Waals surface area contributed by atoms with Crippen LogP contribution < -0.4 is 5.32 Å². The average molecular weight is 323 g/mol. The Bertz CT molecular complexity index is 785. The number of ether oxygens (including phenoxy) is 1. The topological polar surface area (TPSA) is 64.9 Å². The molecule has 0 unspecified atom stereocenters. The third-order valence-electron chi connectivity index (χ3n) is 3.61. The number of imidazole rings is 1. The van der Waals surface area contributed by atoms with Crippen LogP contribution in [0.1, 0.15) is 11.5 Å². The molecule has 0 bridgehead atoms. The summed E-state index contributed by atoms with van der Waals surface area (Å²) < 4.78 is 7.23. The van der Waals surface area contributed by atoms with Gasteiger partial charge in [0.1, 0.15) is 12.4 Å². The minimum Gasteiger partial charge on any atom is -0.377 e. The first-order valence-electron chi connectivity index (χ1n) is 7.89. The number of methoxy groups -OCH3 is 1. The van der Waals surface area contributed by atoms with Crippen molar-refractivity contribution >= 4 is 5.82 Å². The van der Waals surface area contributed by atoms with Crippen LogP contribution in [0.2, 0.25) is 0 Å². The number of nitrogens with zero attached hydrogens (tertiary/aromatic N) is 4. The standard InChI is InChI=1S/C18H21N5O/c1-14-10-17(22-18(21-14)12-24-2)20-8-9-23-13-19-11-16(23)15-6-4-3-5-7-15/h3-7,10-11,13H,8-9,12H2,1-2H3,(H,20,21,22). The van der Waals surface area contributed by atoms with Crippen LogP contribution in [0.3, 0.4) is 0 Å². The average Bonchev–Trinajstić information content (AvgIpc) is 3.04. The van der Waals surface area contributed by atoms with Gasteiger partial charge in [-0.05, 0) is 12.5 Å². The first kappa shape index (κ1) is 16.1. The van der Waals surface area contributed by atoms with Crippen molar-refractivity contribution in [2.45, 2.75) is 20.1 Å². The largest absolute Gasteiger partial charge is 0.377 e. The Hall–Kier alpha value is -2.73. The van der Waals surface area contributed by atoms with Crippen molar-refractivity contribution in [1.29, 1.82) is 0 Å². The lowest BCUT2D eigenvalue weighted by Gasteiger charge is -2.11. The number of aryl methyl sites for hydroxylation is 1. The zero-order valence-corrected chi connectivity index (χ0v) is 13.9. The predicted octanol–water partition coefficient (Wildman–Crippen LogP) is 2.91. The number of hydrogen-bond acceptors (Lipinski definition) is 5. The lowest BCUT2D eigenvalue weighted by atomic mass is 10.2. The fraction of sp³-hybridized carbons (Fsp3) is 0.278. The van der Waals surface area contributed by atoms with Gasteiger partial charge in [0.2, 0.25) is 0 Å². The maximum absolute atomic E-state index is 5.10. The summed E-state index contributed by atoms with van der Waals surface area (Å²) in [6, 6.07) is 12.2. The summed E-state index contributed by atoms with van der Waals surface area (Å²) in [4.78, 5) is 13.1. The number of rotatable bonds is 7. The molecule has 124 valence electrons. The SMILES string of the molecule is COCc1nc(C)cc(NCCn2cncc2-c2ccccc2)n1. The van der Waals surface area contributed by atoms with E-state index >= 15 is 0 Å². The fourth-order valence-electron chi connectivity index (χ4n) is 2.57. The number of benzene rings is 1. The van der Waals surface area contributed by atoms with E-state index in [9.17, 15) is 0 Å².